The first-order valence-corrected chi connectivity index (χ1v) is 7.59. The third-order valence-corrected chi connectivity index (χ3v) is 3.70. The number of carbonyl (C=O) groups excluding carboxylic acids is 1. The van der Waals surface area contributed by atoms with E-state index in [1.165, 1.54) is 12.8 Å². The van der Waals surface area contributed by atoms with Gasteiger partial charge in [-0.25, -0.2) is 0 Å². The van der Waals surface area contributed by atoms with Crippen molar-refractivity contribution in [2.75, 3.05) is 31.5 Å². The topological polar surface area (TPSA) is 44.4 Å². The van der Waals surface area contributed by atoms with Gasteiger partial charge in [0.25, 0.3) is 0 Å². The SMILES string of the molecule is CCCN(CC(=O)Nc1ccccc1)C1CCCNC1. The van der Waals surface area contributed by atoms with Gasteiger partial charge in [-0.2, -0.15) is 0 Å². The van der Waals surface area contributed by atoms with Crippen LogP contribution in [0.2, 0.25) is 0 Å². The number of piperidine rings is 1. The molecule has 110 valence electrons. The Morgan fingerprint density at radius 3 is 2.85 bits per heavy atom. The Morgan fingerprint density at radius 1 is 1.40 bits per heavy atom. The number of nitrogens with zero attached hydrogens (tertiary/aromatic N) is 1. The maximum Gasteiger partial charge on any atom is 0.238 e. The number of rotatable bonds is 6. The van der Waals surface area contributed by atoms with Gasteiger partial charge in [-0.1, -0.05) is 25.1 Å². The lowest BCUT2D eigenvalue weighted by atomic mass is 10.1. The molecule has 0 aliphatic carbocycles. The molecule has 1 aromatic carbocycles. The second-order valence-electron chi connectivity index (χ2n) is 5.38. The van der Waals surface area contributed by atoms with Gasteiger partial charge in [0, 0.05) is 18.3 Å². The highest BCUT2D eigenvalue weighted by Gasteiger charge is 2.22. The summed E-state index contributed by atoms with van der Waals surface area (Å²) in [5.74, 6) is 0.0789. The molecule has 0 spiro atoms. The fraction of sp³-hybridized carbons (Fsp3) is 0.562. The molecule has 1 aliphatic heterocycles. The third kappa shape index (κ3) is 4.62. The molecule has 1 atom stereocenters. The Labute approximate surface area is 121 Å². The average molecular weight is 275 g/mol. The van der Waals surface area contributed by atoms with Crippen LogP contribution in [0.1, 0.15) is 26.2 Å². The van der Waals surface area contributed by atoms with Crippen molar-refractivity contribution in [3.8, 4) is 0 Å². The number of benzene rings is 1. The number of anilines is 1. The Balaban J connectivity index is 1.88. The lowest BCUT2D eigenvalue weighted by Crippen LogP contribution is -2.48. The molecule has 2 N–H and O–H groups in total. The van der Waals surface area contributed by atoms with Crippen molar-refractivity contribution in [1.82, 2.24) is 10.2 Å². The van der Waals surface area contributed by atoms with Crippen molar-refractivity contribution >= 4 is 11.6 Å². The van der Waals surface area contributed by atoms with Crippen LogP contribution in [0.4, 0.5) is 5.69 Å². The normalized spacial score (nSPS) is 19.0. The van der Waals surface area contributed by atoms with Crippen molar-refractivity contribution in [2.45, 2.75) is 32.2 Å². The molecule has 1 fully saturated rings. The summed E-state index contributed by atoms with van der Waals surface area (Å²) in [6, 6.07) is 10.2. The Hall–Kier alpha value is -1.39. The number of nitrogens with one attached hydrogen (secondary N) is 2. The van der Waals surface area contributed by atoms with Crippen LogP contribution in [-0.4, -0.2) is 43.0 Å². The first kappa shape index (κ1) is 15.0. The van der Waals surface area contributed by atoms with E-state index >= 15 is 0 Å². The summed E-state index contributed by atoms with van der Waals surface area (Å²) < 4.78 is 0. The smallest absolute Gasteiger partial charge is 0.238 e. The predicted molar refractivity (Wildman–Crippen MR) is 82.8 cm³/mol. The monoisotopic (exact) mass is 275 g/mol. The summed E-state index contributed by atoms with van der Waals surface area (Å²) in [6.45, 7) is 5.73. The number of hydrogen-bond donors (Lipinski definition) is 2. The number of hydrogen-bond acceptors (Lipinski definition) is 3. The largest absolute Gasteiger partial charge is 0.325 e. The molecule has 1 aromatic rings. The Kier molecular flexibility index (Phi) is 6.02. The molecule has 0 radical (unpaired) electrons. The molecule has 1 aliphatic rings. The van der Waals surface area contributed by atoms with E-state index in [0.717, 1.165) is 31.7 Å². The average Bonchev–Trinajstić information content (AvgIpc) is 2.49. The molecule has 2 rings (SSSR count). The van der Waals surface area contributed by atoms with E-state index in [0.29, 0.717) is 12.6 Å². The molecule has 0 bridgehead atoms. The lowest BCUT2D eigenvalue weighted by Gasteiger charge is -2.34. The first-order chi connectivity index (χ1) is 9.79. The lowest BCUT2D eigenvalue weighted by molar-refractivity contribution is -0.118. The van der Waals surface area contributed by atoms with E-state index in [1.54, 1.807) is 0 Å². The van der Waals surface area contributed by atoms with Crippen LogP contribution in [0.5, 0.6) is 0 Å². The Bertz CT molecular complexity index is 401. The van der Waals surface area contributed by atoms with E-state index in [9.17, 15) is 4.79 Å². The third-order valence-electron chi connectivity index (χ3n) is 3.70. The summed E-state index contributed by atoms with van der Waals surface area (Å²) in [5.41, 5.74) is 0.871. The van der Waals surface area contributed by atoms with Crippen molar-refractivity contribution < 1.29 is 4.79 Å². The summed E-state index contributed by atoms with van der Waals surface area (Å²) in [6.07, 6.45) is 3.46. The van der Waals surface area contributed by atoms with Gasteiger partial charge < -0.3 is 10.6 Å². The molecule has 20 heavy (non-hydrogen) atoms. The van der Waals surface area contributed by atoms with Crippen LogP contribution in [0.3, 0.4) is 0 Å². The summed E-state index contributed by atoms with van der Waals surface area (Å²) in [4.78, 5) is 14.5. The standard InChI is InChI=1S/C16H25N3O/c1-2-11-19(15-9-6-10-17-12-15)13-16(20)18-14-7-4-3-5-8-14/h3-5,7-8,15,17H,2,6,9-13H2,1H3,(H,18,20). The van der Waals surface area contributed by atoms with Gasteiger partial charge in [-0.3, -0.25) is 9.69 Å². The van der Waals surface area contributed by atoms with E-state index in [-0.39, 0.29) is 5.91 Å². The minimum absolute atomic E-state index is 0.0789. The van der Waals surface area contributed by atoms with Crippen LogP contribution < -0.4 is 10.6 Å². The molecule has 0 saturated carbocycles. The number of amides is 1. The highest BCUT2D eigenvalue weighted by atomic mass is 16.2. The van der Waals surface area contributed by atoms with Gasteiger partial charge in [0.15, 0.2) is 0 Å². The van der Waals surface area contributed by atoms with Gasteiger partial charge in [-0.05, 0) is 44.5 Å². The molecule has 1 heterocycles. The second-order valence-corrected chi connectivity index (χ2v) is 5.38. The van der Waals surface area contributed by atoms with Crippen LogP contribution in [0.15, 0.2) is 30.3 Å². The van der Waals surface area contributed by atoms with E-state index in [4.69, 9.17) is 0 Å². The fourth-order valence-corrected chi connectivity index (χ4v) is 2.73. The summed E-state index contributed by atoms with van der Waals surface area (Å²) in [5, 5.41) is 6.39. The number of para-hydroxylation sites is 1. The quantitative estimate of drug-likeness (QED) is 0.835. The minimum Gasteiger partial charge on any atom is -0.325 e. The van der Waals surface area contributed by atoms with E-state index in [2.05, 4.69) is 22.5 Å². The van der Waals surface area contributed by atoms with Crippen LogP contribution >= 0.6 is 0 Å². The van der Waals surface area contributed by atoms with Crippen LogP contribution in [0, 0.1) is 0 Å². The van der Waals surface area contributed by atoms with E-state index in [1.807, 2.05) is 30.3 Å². The highest BCUT2D eigenvalue weighted by molar-refractivity contribution is 5.92. The first-order valence-electron chi connectivity index (χ1n) is 7.59. The molecular formula is C16H25N3O. The van der Waals surface area contributed by atoms with Gasteiger partial charge in [0.2, 0.25) is 5.91 Å². The maximum atomic E-state index is 12.2. The number of carbonyl (C=O) groups is 1. The van der Waals surface area contributed by atoms with Gasteiger partial charge in [0.1, 0.15) is 0 Å². The molecule has 0 aromatic heterocycles. The van der Waals surface area contributed by atoms with Crippen molar-refractivity contribution in [1.29, 1.82) is 0 Å². The molecule has 1 unspecified atom stereocenters. The van der Waals surface area contributed by atoms with Crippen molar-refractivity contribution in [3.63, 3.8) is 0 Å². The maximum absolute atomic E-state index is 12.2. The molecule has 1 amide bonds. The van der Waals surface area contributed by atoms with Crippen molar-refractivity contribution in [2.24, 2.45) is 0 Å². The zero-order valence-electron chi connectivity index (χ0n) is 12.3. The summed E-state index contributed by atoms with van der Waals surface area (Å²) >= 11 is 0. The zero-order chi connectivity index (χ0) is 14.2. The Morgan fingerprint density at radius 2 is 2.20 bits per heavy atom. The molecule has 4 heteroatoms. The predicted octanol–water partition coefficient (Wildman–Crippen LogP) is 2.09. The fourth-order valence-electron chi connectivity index (χ4n) is 2.73. The van der Waals surface area contributed by atoms with Crippen molar-refractivity contribution in [3.05, 3.63) is 30.3 Å². The van der Waals surface area contributed by atoms with Gasteiger partial charge in [0.05, 0.1) is 6.54 Å². The van der Waals surface area contributed by atoms with Gasteiger partial charge >= 0.3 is 0 Å². The van der Waals surface area contributed by atoms with Gasteiger partial charge in [-0.15, -0.1) is 0 Å². The zero-order valence-corrected chi connectivity index (χ0v) is 12.3. The molecule has 1 saturated heterocycles. The van der Waals surface area contributed by atoms with Crippen LogP contribution in [0.25, 0.3) is 0 Å². The molecule has 4 nitrogen and oxygen atoms in total. The second kappa shape index (κ2) is 8.02. The van der Waals surface area contributed by atoms with Crippen LogP contribution in [-0.2, 0) is 4.79 Å². The molecular weight excluding hydrogens is 250 g/mol. The minimum atomic E-state index is 0.0789. The van der Waals surface area contributed by atoms with E-state index < -0.39 is 0 Å². The highest BCUT2D eigenvalue weighted by Crippen LogP contribution is 2.12. The summed E-state index contributed by atoms with van der Waals surface area (Å²) in [7, 11) is 0.